The molecule has 8 nitrogen and oxygen atoms in total. The number of carbonyl (C=O) groups is 3. The Labute approximate surface area is 154 Å². The highest BCUT2D eigenvalue weighted by molar-refractivity contribution is 6.08. The Balaban J connectivity index is 1.69. The van der Waals surface area contributed by atoms with Gasteiger partial charge in [0.1, 0.15) is 11.5 Å². The average Bonchev–Trinajstić information content (AvgIpc) is 3.11. The van der Waals surface area contributed by atoms with Crippen molar-refractivity contribution in [2.75, 3.05) is 13.7 Å². The Morgan fingerprint density at radius 3 is 2.52 bits per heavy atom. The number of aromatic hydroxyl groups is 1. The van der Waals surface area contributed by atoms with Crippen LogP contribution in [0.4, 0.5) is 4.79 Å². The smallest absolute Gasteiger partial charge is 0.322 e. The van der Waals surface area contributed by atoms with Gasteiger partial charge in [0.15, 0.2) is 5.54 Å². The summed E-state index contributed by atoms with van der Waals surface area (Å²) in [7, 11) is 1.55. The minimum Gasteiger partial charge on any atom is -0.508 e. The predicted octanol–water partition coefficient (Wildman–Crippen LogP) is 1.09. The van der Waals surface area contributed by atoms with Gasteiger partial charge in [0.05, 0.1) is 13.7 Å². The largest absolute Gasteiger partial charge is 0.508 e. The van der Waals surface area contributed by atoms with Gasteiger partial charge < -0.3 is 20.1 Å². The number of rotatable bonds is 4. The number of hydrogen-bond donors (Lipinski definition) is 3. The van der Waals surface area contributed by atoms with Gasteiger partial charge in [0.2, 0.25) is 0 Å². The van der Waals surface area contributed by atoms with Crippen LogP contribution in [0.25, 0.3) is 0 Å². The summed E-state index contributed by atoms with van der Waals surface area (Å²) in [5, 5.41) is 14.4. The molecule has 27 heavy (non-hydrogen) atoms. The number of hydrogen-bond acceptors (Lipinski definition) is 5. The molecule has 8 heteroatoms. The van der Waals surface area contributed by atoms with Crippen LogP contribution in [-0.4, -0.2) is 41.5 Å². The predicted molar refractivity (Wildman–Crippen MR) is 94.2 cm³/mol. The first-order valence-corrected chi connectivity index (χ1v) is 8.32. The molecule has 2 heterocycles. The molecule has 0 radical (unpaired) electrons. The Kier molecular flexibility index (Phi) is 3.76. The van der Waals surface area contributed by atoms with Gasteiger partial charge in [0, 0.05) is 12.1 Å². The number of fused-ring (bicyclic) bond motifs is 1. The lowest BCUT2D eigenvalue weighted by Gasteiger charge is -2.31. The van der Waals surface area contributed by atoms with Crippen molar-refractivity contribution >= 4 is 17.8 Å². The first-order chi connectivity index (χ1) is 12.9. The van der Waals surface area contributed by atoms with Crippen LogP contribution in [0, 0.1) is 0 Å². The molecule has 138 valence electrons. The molecular weight excluding hydrogens is 350 g/mol. The quantitative estimate of drug-likeness (QED) is 0.701. The normalized spacial score (nSPS) is 21.1. The fourth-order valence-electron chi connectivity index (χ4n) is 3.54. The zero-order valence-corrected chi connectivity index (χ0v) is 14.5. The molecule has 4 rings (SSSR count). The molecule has 1 fully saturated rings. The molecule has 2 aromatic carbocycles. The summed E-state index contributed by atoms with van der Waals surface area (Å²) >= 11 is 0. The molecule has 0 bridgehead atoms. The van der Waals surface area contributed by atoms with Crippen molar-refractivity contribution in [2.45, 2.75) is 12.1 Å². The number of phenolic OH excluding ortho intramolecular Hbond substituents is 1. The van der Waals surface area contributed by atoms with Crippen molar-refractivity contribution in [3.8, 4) is 11.5 Å². The van der Waals surface area contributed by atoms with E-state index in [0.717, 1.165) is 5.56 Å². The van der Waals surface area contributed by atoms with E-state index in [2.05, 4.69) is 10.6 Å². The van der Waals surface area contributed by atoms with E-state index in [9.17, 15) is 19.5 Å². The van der Waals surface area contributed by atoms with Crippen molar-refractivity contribution in [1.29, 1.82) is 0 Å². The number of methoxy groups -OCH3 is 1. The summed E-state index contributed by atoms with van der Waals surface area (Å²) in [6.45, 7) is 0.263. The number of ether oxygens (including phenoxy) is 1. The topological polar surface area (TPSA) is 108 Å². The SMILES string of the molecule is COc1ccc2c(c1)CN(CC1(c3ccc(O)cc3)NC(=O)NC1=O)C2=O. The Morgan fingerprint density at radius 2 is 1.89 bits per heavy atom. The lowest BCUT2D eigenvalue weighted by molar-refractivity contribution is -0.124. The highest BCUT2D eigenvalue weighted by Gasteiger charge is 2.50. The molecule has 1 unspecified atom stereocenters. The van der Waals surface area contributed by atoms with E-state index in [4.69, 9.17) is 4.74 Å². The summed E-state index contributed by atoms with van der Waals surface area (Å²) in [6.07, 6.45) is 0. The van der Waals surface area contributed by atoms with Crippen LogP contribution >= 0.6 is 0 Å². The molecule has 0 aromatic heterocycles. The van der Waals surface area contributed by atoms with Crippen molar-refractivity contribution in [3.05, 3.63) is 59.2 Å². The Hall–Kier alpha value is -3.55. The van der Waals surface area contributed by atoms with Gasteiger partial charge in [-0.15, -0.1) is 0 Å². The third kappa shape index (κ3) is 2.66. The molecule has 2 aliphatic heterocycles. The summed E-state index contributed by atoms with van der Waals surface area (Å²) in [6, 6.07) is 10.5. The van der Waals surface area contributed by atoms with Crippen LogP contribution in [0.5, 0.6) is 11.5 Å². The molecule has 2 aromatic rings. The molecule has 0 saturated carbocycles. The zero-order chi connectivity index (χ0) is 19.2. The average molecular weight is 367 g/mol. The second-order valence-electron chi connectivity index (χ2n) is 6.54. The maximum absolute atomic E-state index is 12.8. The van der Waals surface area contributed by atoms with E-state index in [-0.39, 0.29) is 18.2 Å². The first kappa shape index (κ1) is 16.9. The third-order valence-electron chi connectivity index (χ3n) is 4.92. The third-order valence-corrected chi connectivity index (χ3v) is 4.92. The fourth-order valence-corrected chi connectivity index (χ4v) is 3.54. The number of urea groups is 1. The number of nitrogens with zero attached hydrogens (tertiary/aromatic N) is 1. The van der Waals surface area contributed by atoms with Crippen molar-refractivity contribution < 1.29 is 24.2 Å². The summed E-state index contributed by atoms with van der Waals surface area (Å²) in [5.74, 6) is -0.0850. The van der Waals surface area contributed by atoms with Gasteiger partial charge in [-0.05, 0) is 41.5 Å². The summed E-state index contributed by atoms with van der Waals surface area (Å²) in [4.78, 5) is 38.8. The Morgan fingerprint density at radius 1 is 1.15 bits per heavy atom. The summed E-state index contributed by atoms with van der Waals surface area (Å²) < 4.78 is 5.20. The maximum Gasteiger partial charge on any atom is 0.322 e. The second kappa shape index (κ2) is 6.01. The van der Waals surface area contributed by atoms with Gasteiger partial charge in [-0.3, -0.25) is 14.9 Å². The lowest BCUT2D eigenvalue weighted by Crippen LogP contribution is -2.52. The van der Waals surface area contributed by atoms with E-state index in [0.29, 0.717) is 23.4 Å². The number of imide groups is 1. The van der Waals surface area contributed by atoms with E-state index < -0.39 is 17.5 Å². The summed E-state index contributed by atoms with van der Waals surface area (Å²) in [5.41, 5.74) is 0.392. The van der Waals surface area contributed by atoms with Gasteiger partial charge in [-0.2, -0.15) is 0 Å². The van der Waals surface area contributed by atoms with Crippen LogP contribution in [0.1, 0.15) is 21.5 Å². The number of nitrogens with one attached hydrogen (secondary N) is 2. The molecule has 0 spiro atoms. The molecule has 3 N–H and O–H groups in total. The van der Waals surface area contributed by atoms with Crippen molar-refractivity contribution in [2.24, 2.45) is 0 Å². The maximum atomic E-state index is 12.8. The fraction of sp³-hybridized carbons (Fsp3) is 0.211. The van der Waals surface area contributed by atoms with E-state index in [1.165, 1.54) is 17.0 Å². The van der Waals surface area contributed by atoms with Crippen LogP contribution in [0.15, 0.2) is 42.5 Å². The highest BCUT2D eigenvalue weighted by Crippen LogP contribution is 2.32. The minimum atomic E-state index is -1.42. The van der Waals surface area contributed by atoms with Crippen LogP contribution in [0.3, 0.4) is 0 Å². The van der Waals surface area contributed by atoms with E-state index in [1.54, 1.807) is 37.4 Å². The number of benzene rings is 2. The van der Waals surface area contributed by atoms with Crippen LogP contribution in [-0.2, 0) is 16.9 Å². The standard InChI is InChI=1S/C19H17N3O5/c1-27-14-6-7-15-11(8-14)9-22(16(15)24)10-19(17(25)20-18(26)21-19)12-2-4-13(23)5-3-12/h2-8,23H,9-10H2,1H3,(H2,20,21,25,26). The van der Waals surface area contributed by atoms with Crippen molar-refractivity contribution in [1.82, 2.24) is 15.5 Å². The number of phenols is 1. The Bertz CT molecular complexity index is 956. The molecule has 0 aliphatic carbocycles. The van der Waals surface area contributed by atoms with Gasteiger partial charge in [-0.1, -0.05) is 12.1 Å². The van der Waals surface area contributed by atoms with E-state index in [1.807, 2.05) is 0 Å². The van der Waals surface area contributed by atoms with Gasteiger partial charge in [0.25, 0.3) is 11.8 Å². The minimum absolute atomic E-state index is 0.0365. The molecule has 4 amide bonds. The molecular formula is C19H17N3O5. The number of amides is 4. The van der Waals surface area contributed by atoms with E-state index >= 15 is 0 Å². The van der Waals surface area contributed by atoms with Gasteiger partial charge in [-0.25, -0.2) is 4.79 Å². The second-order valence-corrected chi connectivity index (χ2v) is 6.54. The van der Waals surface area contributed by atoms with Gasteiger partial charge >= 0.3 is 6.03 Å². The molecule has 2 aliphatic rings. The highest BCUT2D eigenvalue weighted by atomic mass is 16.5. The van der Waals surface area contributed by atoms with Crippen molar-refractivity contribution in [3.63, 3.8) is 0 Å². The lowest BCUT2D eigenvalue weighted by atomic mass is 9.89. The molecule has 1 saturated heterocycles. The van der Waals surface area contributed by atoms with Crippen LogP contribution < -0.4 is 15.4 Å². The number of carbonyl (C=O) groups excluding carboxylic acids is 3. The van der Waals surface area contributed by atoms with Crippen LogP contribution in [0.2, 0.25) is 0 Å². The zero-order valence-electron chi connectivity index (χ0n) is 14.5. The molecule has 1 atom stereocenters. The first-order valence-electron chi connectivity index (χ1n) is 8.32. The monoisotopic (exact) mass is 367 g/mol.